The molecule has 2 nitrogen and oxygen atoms in total. The van der Waals surface area contributed by atoms with Crippen molar-refractivity contribution in [2.45, 2.75) is 38.6 Å². The highest BCUT2D eigenvalue weighted by atomic mass is 15.2. The first-order valence-electron chi connectivity index (χ1n) is 6.33. The van der Waals surface area contributed by atoms with Crippen molar-refractivity contribution in [2.24, 2.45) is 5.41 Å². The van der Waals surface area contributed by atoms with Crippen molar-refractivity contribution in [2.75, 3.05) is 26.2 Å². The Bertz CT molecular complexity index is 213. The first-order chi connectivity index (χ1) is 7.26. The molecule has 2 rings (SSSR count). The first-order valence-corrected chi connectivity index (χ1v) is 6.33. The molecule has 86 valence electrons. The highest BCUT2D eigenvalue weighted by Gasteiger charge is 2.37. The fourth-order valence-electron chi connectivity index (χ4n) is 3.12. The lowest BCUT2D eigenvalue weighted by molar-refractivity contribution is 0.0529. The average molecular weight is 208 g/mol. The predicted octanol–water partition coefficient (Wildman–Crippen LogP) is 2.03. The zero-order valence-corrected chi connectivity index (χ0v) is 9.97. The smallest absolute Gasteiger partial charge is 0.0247 e. The molecule has 2 aliphatic rings. The van der Waals surface area contributed by atoms with Gasteiger partial charge in [-0.1, -0.05) is 6.08 Å². The van der Waals surface area contributed by atoms with Crippen molar-refractivity contribution in [1.82, 2.24) is 10.2 Å². The number of nitrogens with zero attached hydrogens (tertiary/aromatic N) is 1. The molecule has 0 aromatic rings. The molecule has 2 saturated heterocycles. The molecule has 0 amide bonds. The summed E-state index contributed by atoms with van der Waals surface area (Å²) in [5, 5.41) is 3.57. The minimum atomic E-state index is 0.545. The molecule has 0 bridgehead atoms. The first kappa shape index (κ1) is 11.2. The van der Waals surface area contributed by atoms with Gasteiger partial charge in [-0.2, -0.15) is 0 Å². The van der Waals surface area contributed by atoms with Gasteiger partial charge in [0.25, 0.3) is 0 Å². The predicted molar refractivity (Wildman–Crippen MR) is 65.0 cm³/mol. The van der Waals surface area contributed by atoms with Crippen molar-refractivity contribution in [3.05, 3.63) is 12.7 Å². The van der Waals surface area contributed by atoms with Gasteiger partial charge in [0.15, 0.2) is 0 Å². The van der Waals surface area contributed by atoms with Crippen LogP contribution in [0.5, 0.6) is 0 Å². The van der Waals surface area contributed by atoms with Crippen LogP contribution in [0.1, 0.15) is 32.6 Å². The Morgan fingerprint density at radius 1 is 1.40 bits per heavy atom. The molecule has 2 atom stereocenters. The molecule has 2 heterocycles. The maximum atomic E-state index is 3.91. The van der Waals surface area contributed by atoms with Crippen LogP contribution in [0.15, 0.2) is 12.7 Å². The van der Waals surface area contributed by atoms with E-state index in [1.165, 1.54) is 51.9 Å². The van der Waals surface area contributed by atoms with E-state index in [1.807, 2.05) is 0 Å². The Morgan fingerprint density at radius 2 is 2.20 bits per heavy atom. The highest BCUT2D eigenvalue weighted by Crippen LogP contribution is 2.36. The van der Waals surface area contributed by atoms with Crippen molar-refractivity contribution in [3.63, 3.8) is 0 Å². The Morgan fingerprint density at radius 3 is 2.87 bits per heavy atom. The second-order valence-corrected chi connectivity index (χ2v) is 5.33. The van der Waals surface area contributed by atoms with Crippen molar-refractivity contribution >= 4 is 0 Å². The number of hydrogen-bond acceptors (Lipinski definition) is 2. The number of nitrogens with one attached hydrogen (secondary N) is 1. The summed E-state index contributed by atoms with van der Waals surface area (Å²) in [7, 11) is 0. The molecule has 0 aromatic heterocycles. The van der Waals surface area contributed by atoms with Gasteiger partial charge >= 0.3 is 0 Å². The van der Waals surface area contributed by atoms with Crippen LogP contribution >= 0.6 is 0 Å². The number of rotatable bonds is 2. The minimum absolute atomic E-state index is 0.545. The fourth-order valence-corrected chi connectivity index (χ4v) is 3.12. The molecule has 0 aliphatic carbocycles. The van der Waals surface area contributed by atoms with E-state index in [2.05, 4.69) is 29.8 Å². The van der Waals surface area contributed by atoms with Crippen LogP contribution in [-0.4, -0.2) is 37.1 Å². The summed E-state index contributed by atoms with van der Waals surface area (Å²) in [6.45, 7) is 11.2. The second-order valence-electron chi connectivity index (χ2n) is 5.33. The average Bonchev–Trinajstić information content (AvgIpc) is 2.29. The quantitative estimate of drug-likeness (QED) is 0.699. The third-order valence-electron chi connectivity index (χ3n) is 4.17. The molecule has 0 aromatic carbocycles. The van der Waals surface area contributed by atoms with Gasteiger partial charge < -0.3 is 5.32 Å². The molecular weight excluding hydrogens is 184 g/mol. The van der Waals surface area contributed by atoms with E-state index in [9.17, 15) is 0 Å². The second kappa shape index (κ2) is 4.67. The van der Waals surface area contributed by atoms with E-state index in [1.54, 1.807) is 0 Å². The van der Waals surface area contributed by atoms with Gasteiger partial charge in [0.2, 0.25) is 0 Å². The molecule has 0 radical (unpaired) electrons. The van der Waals surface area contributed by atoms with Crippen LogP contribution in [-0.2, 0) is 0 Å². The van der Waals surface area contributed by atoms with Crippen molar-refractivity contribution < 1.29 is 0 Å². The Labute approximate surface area is 93.7 Å². The van der Waals surface area contributed by atoms with Crippen LogP contribution in [0.25, 0.3) is 0 Å². The minimum Gasteiger partial charge on any atom is -0.316 e. The molecule has 2 fully saturated rings. The van der Waals surface area contributed by atoms with E-state index in [0.29, 0.717) is 11.5 Å². The molecule has 0 saturated carbocycles. The SMILES string of the molecule is C=CC(C)N1CCCC2(CCCNC2)C1. The number of piperidine rings is 2. The van der Waals surface area contributed by atoms with E-state index in [4.69, 9.17) is 0 Å². The normalized spacial score (nSPS) is 35.3. The zero-order valence-electron chi connectivity index (χ0n) is 9.97. The van der Waals surface area contributed by atoms with Crippen LogP contribution in [0.3, 0.4) is 0 Å². The van der Waals surface area contributed by atoms with Crippen LogP contribution in [0, 0.1) is 5.41 Å². The summed E-state index contributed by atoms with van der Waals surface area (Å²) in [4.78, 5) is 2.60. The van der Waals surface area contributed by atoms with Gasteiger partial charge in [-0.15, -0.1) is 6.58 Å². The Hall–Kier alpha value is -0.340. The third-order valence-corrected chi connectivity index (χ3v) is 4.17. The maximum Gasteiger partial charge on any atom is 0.0247 e. The van der Waals surface area contributed by atoms with Gasteiger partial charge in [-0.05, 0) is 51.1 Å². The lowest BCUT2D eigenvalue weighted by Crippen LogP contribution is -2.52. The van der Waals surface area contributed by atoms with E-state index >= 15 is 0 Å². The standard InChI is InChI=1S/C13H24N2/c1-3-12(2)15-9-5-7-13(11-15)6-4-8-14-10-13/h3,12,14H,1,4-11H2,2H3. The molecular formula is C13H24N2. The zero-order chi connectivity index (χ0) is 10.7. The molecule has 15 heavy (non-hydrogen) atoms. The van der Waals surface area contributed by atoms with Gasteiger partial charge in [-0.25, -0.2) is 0 Å². The molecule has 2 heteroatoms. The summed E-state index contributed by atoms with van der Waals surface area (Å²) >= 11 is 0. The van der Waals surface area contributed by atoms with Crippen molar-refractivity contribution in [1.29, 1.82) is 0 Å². The molecule has 2 unspecified atom stereocenters. The Kier molecular flexibility index (Phi) is 3.47. The van der Waals surface area contributed by atoms with Crippen LogP contribution in [0.2, 0.25) is 0 Å². The number of likely N-dealkylation sites (tertiary alicyclic amines) is 1. The largest absolute Gasteiger partial charge is 0.316 e. The summed E-state index contributed by atoms with van der Waals surface area (Å²) < 4.78 is 0. The fraction of sp³-hybridized carbons (Fsp3) is 0.846. The van der Waals surface area contributed by atoms with Gasteiger partial charge in [0.05, 0.1) is 0 Å². The molecule has 1 spiro atoms. The summed E-state index contributed by atoms with van der Waals surface area (Å²) in [6, 6.07) is 0.545. The number of hydrogen-bond donors (Lipinski definition) is 1. The van der Waals surface area contributed by atoms with E-state index < -0.39 is 0 Å². The molecule has 2 aliphatic heterocycles. The Balaban J connectivity index is 1.98. The van der Waals surface area contributed by atoms with E-state index in [0.717, 1.165) is 0 Å². The summed E-state index contributed by atoms with van der Waals surface area (Å²) in [6.07, 6.45) is 7.63. The van der Waals surface area contributed by atoms with Gasteiger partial charge in [0, 0.05) is 19.1 Å². The highest BCUT2D eigenvalue weighted by molar-refractivity contribution is 4.95. The lowest BCUT2D eigenvalue weighted by atomic mass is 9.74. The maximum absolute atomic E-state index is 3.91. The van der Waals surface area contributed by atoms with E-state index in [-0.39, 0.29) is 0 Å². The molecule has 1 N–H and O–H groups in total. The van der Waals surface area contributed by atoms with Crippen LogP contribution < -0.4 is 5.32 Å². The third kappa shape index (κ3) is 2.43. The van der Waals surface area contributed by atoms with Gasteiger partial charge in [-0.3, -0.25) is 4.90 Å². The topological polar surface area (TPSA) is 15.3 Å². The lowest BCUT2D eigenvalue weighted by Gasteiger charge is -2.46. The van der Waals surface area contributed by atoms with Crippen molar-refractivity contribution in [3.8, 4) is 0 Å². The monoisotopic (exact) mass is 208 g/mol. The summed E-state index contributed by atoms with van der Waals surface area (Å²) in [5.41, 5.74) is 0.577. The van der Waals surface area contributed by atoms with Gasteiger partial charge in [0.1, 0.15) is 0 Å². The van der Waals surface area contributed by atoms with Crippen LogP contribution in [0.4, 0.5) is 0 Å². The summed E-state index contributed by atoms with van der Waals surface area (Å²) in [5.74, 6) is 0.